The molecule has 0 aliphatic heterocycles. The van der Waals surface area contributed by atoms with E-state index in [1.807, 2.05) is 11.4 Å². The standard InChI is InChI=1S/C12H12ClFN2O2S2/c1-20(17,18)16-12-5-9(2-3-11(12)14)15-6-10-4-8(13)7-19-10/h2-5,7,15-16H,6H2,1H3. The minimum atomic E-state index is -3.51. The summed E-state index contributed by atoms with van der Waals surface area (Å²) in [6.45, 7) is 0.529. The molecule has 0 spiro atoms. The first-order valence-corrected chi connectivity index (χ1v) is 8.72. The minimum absolute atomic E-state index is 0.0817. The Labute approximate surface area is 125 Å². The van der Waals surface area contributed by atoms with Gasteiger partial charge in [0.1, 0.15) is 5.82 Å². The van der Waals surface area contributed by atoms with E-state index >= 15 is 0 Å². The van der Waals surface area contributed by atoms with Crippen molar-refractivity contribution < 1.29 is 12.8 Å². The molecule has 0 saturated heterocycles. The lowest BCUT2D eigenvalue weighted by Crippen LogP contribution is -2.11. The van der Waals surface area contributed by atoms with Crippen LogP contribution in [0.4, 0.5) is 15.8 Å². The fraction of sp³-hybridized carbons (Fsp3) is 0.167. The van der Waals surface area contributed by atoms with Gasteiger partial charge in [-0.25, -0.2) is 12.8 Å². The van der Waals surface area contributed by atoms with Crippen molar-refractivity contribution in [1.29, 1.82) is 0 Å². The van der Waals surface area contributed by atoms with E-state index in [0.29, 0.717) is 17.3 Å². The lowest BCUT2D eigenvalue weighted by molar-refractivity contribution is 0.604. The summed E-state index contributed by atoms with van der Waals surface area (Å²) in [7, 11) is -3.51. The summed E-state index contributed by atoms with van der Waals surface area (Å²) in [5.74, 6) is -0.625. The molecule has 2 rings (SSSR count). The monoisotopic (exact) mass is 334 g/mol. The van der Waals surface area contributed by atoms with Gasteiger partial charge in [0.05, 0.1) is 17.0 Å². The minimum Gasteiger partial charge on any atom is -0.380 e. The second-order valence-corrected chi connectivity index (χ2v) is 7.33. The zero-order valence-electron chi connectivity index (χ0n) is 10.5. The summed E-state index contributed by atoms with van der Waals surface area (Å²) in [5.41, 5.74) is 0.531. The van der Waals surface area contributed by atoms with E-state index in [9.17, 15) is 12.8 Å². The fourth-order valence-electron chi connectivity index (χ4n) is 1.55. The quantitative estimate of drug-likeness (QED) is 0.879. The normalized spacial score (nSPS) is 11.3. The van der Waals surface area contributed by atoms with Crippen LogP contribution in [0.5, 0.6) is 0 Å². The summed E-state index contributed by atoms with van der Waals surface area (Å²) < 4.78 is 37.9. The number of halogens is 2. The number of sulfonamides is 1. The van der Waals surface area contributed by atoms with Crippen LogP contribution in [0.3, 0.4) is 0 Å². The predicted octanol–water partition coefficient (Wildman–Crippen LogP) is 3.52. The largest absolute Gasteiger partial charge is 0.380 e. The molecule has 20 heavy (non-hydrogen) atoms. The second kappa shape index (κ2) is 5.99. The van der Waals surface area contributed by atoms with Gasteiger partial charge >= 0.3 is 0 Å². The van der Waals surface area contributed by atoms with Crippen molar-refractivity contribution in [2.75, 3.05) is 16.3 Å². The number of hydrogen-bond donors (Lipinski definition) is 2. The van der Waals surface area contributed by atoms with Gasteiger partial charge in [0.15, 0.2) is 0 Å². The summed E-state index contributed by atoms with van der Waals surface area (Å²) in [5, 5.41) is 5.57. The van der Waals surface area contributed by atoms with Crippen molar-refractivity contribution in [3.05, 3.63) is 45.4 Å². The Balaban J connectivity index is 2.11. The van der Waals surface area contributed by atoms with E-state index in [0.717, 1.165) is 11.1 Å². The highest BCUT2D eigenvalue weighted by Gasteiger charge is 2.08. The van der Waals surface area contributed by atoms with Crippen LogP contribution in [0.1, 0.15) is 4.88 Å². The molecule has 1 heterocycles. The van der Waals surface area contributed by atoms with Crippen LogP contribution >= 0.6 is 22.9 Å². The number of nitrogens with one attached hydrogen (secondary N) is 2. The van der Waals surface area contributed by atoms with Gasteiger partial charge < -0.3 is 5.32 Å². The maximum absolute atomic E-state index is 13.5. The molecule has 0 amide bonds. The van der Waals surface area contributed by atoms with Crippen molar-refractivity contribution in [3.63, 3.8) is 0 Å². The van der Waals surface area contributed by atoms with Gasteiger partial charge in [0.25, 0.3) is 0 Å². The van der Waals surface area contributed by atoms with Gasteiger partial charge in [-0.2, -0.15) is 0 Å². The Bertz CT molecular complexity index is 716. The zero-order valence-corrected chi connectivity index (χ0v) is 12.9. The summed E-state index contributed by atoms with van der Waals surface area (Å²) in [4.78, 5) is 1.02. The summed E-state index contributed by atoms with van der Waals surface area (Å²) in [6, 6.07) is 5.99. The second-order valence-electron chi connectivity index (χ2n) is 4.15. The number of hydrogen-bond acceptors (Lipinski definition) is 4. The average molecular weight is 335 g/mol. The molecule has 8 heteroatoms. The van der Waals surface area contributed by atoms with E-state index < -0.39 is 15.8 Å². The lowest BCUT2D eigenvalue weighted by atomic mass is 10.2. The van der Waals surface area contributed by atoms with Crippen molar-refractivity contribution in [2.45, 2.75) is 6.54 Å². The number of benzene rings is 1. The highest BCUT2D eigenvalue weighted by molar-refractivity contribution is 7.92. The van der Waals surface area contributed by atoms with Gasteiger partial charge in [-0.15, -0.1) is 11.3 Å². The van der Waals surface area contributed by atoms with E-state index in [-0.39, 0.29) is 5.69 Å². The maximum Gasteiger partial charge on any atom is 0.229 e. The molecule has 4 nitrogen and oxygen atoms in total. The summed E-state index contributed by atoms with van der Waals surface area (Å²) in [6.07, 6.45) is 0.972. The average Bonchev–Trinajstić information content (AvgIpc) is 2.74. The molecule has 2 N–H and O–H groups in total. The van der Waals surface area contributed by atoms with Gasteiger partial charge in [0.2, 0.25) is 10.0 Å². The molecule has 0 atom stereocenters. The molecule has 0 fully saturated rings. The third-order valence-electron chi connectivity index (χ3n) is 2.35. The van der Waals surface area contributed by atoms with Crippen LogP contribution in [0.15, 0.2) is 29.6 Å². The van der Waals surface area contributed by atoms with Crippen LogP contribution in [0.2, 0.25) is 5.02 Å². The van der Waals surface area contributed by atoms with Gasteiger partial charge in [-0.3, -0.25) is 4.72 Å². The topological polar surface area (TPSA) is 58.2 Å². The molecule has 0 radical (unpaired) electrons. The van der Waals surface area contributed by atoms with Crippen molar-refractivity contribution >= 4 is 44.3 Å². The first-order chi connectivity index (χ1) is 9.33. The molecular weight excluding hydrogens is 323 g/mol. The highest BCUT2D eigenvalue weighted by Crippen LogP contribution is 2.23. The highest BCUT2D eigenvalue weighted by atomic mass is 35.5. The Hall–Kier alpha value is -1.31. The van der Waals surface area contributed by atoms with E-state index in [4.69, 9.17) is 11.6 Å². The molecule has 0 saturated carbocycles. The van der Waals surface area contributed by atoms with Crippen LogP contribution in [-0.4, -0.2) is 14.7 Å². The SMILES string of the molecule is CS(=O)(=O)Nc1cc(NCc2cc(Cl)cs2)ccc1F. The predicted molar refractivity (Wildman–Crippen MR) is 81.5 cm³/mol. The van der Waals surface area contributed by atoms with E-state index in [1.165, 1.54) is 29.5 Å². The third kappa shape index (κ3) is 4.36. The van der Waals surface area contributed by atoms with Crippen molar-refractivity contribution in [2.24, 2.45) is 0 Å². The van der Waals surface area contributed by atoms with Gasteiger partial charge in [-0.1, -0.05) is 11.6 Å². The smallest absolute Gasteiger partial charge is 0.229 e. The Kier molecular flexibility index (Phi) is 4.52. The van der Waals surface area contributed by atoms with Gasteiger partial charge in [0, 0.05) is 22.5 Å². The molecule has 0 aliphatic rings. The number of thiophene rings is 1. The Morgan fingerprint density at radius 1 is 1.35 bits per heavy atom. The molecule has 0 aliphatic carbocycles. The third-order valence-corrected chi connectivity index (χ3v) is 4.23. The van der Waals surface area contributed by atoms with E-state index in [1.54, 1.807) is 0 Å². The van der Waals surface area contributed by atoms with Crippen molar-refractivity contribution in [3.8, 4) is 0 Å². The molecule has 2 aromatic rings. The van der Waals surface area contributed by atoms with Crippen LogP contribution in [0, 0.1) is 5.82 Å². The molecule has 108 valence electrons. The number of anilines is 2. The first-order valence-electron chi connectivity index (χ1n) is 5.57. The maximum atomic E-state index is 13.5. The van der Waals surface area contributed by atoms with Crippen LogP contribution < -0.4 is 10.0 Å². The molecule has 0 unspecified atom stereocenters. The summed E-state index contributed by atoms with van der Waals surface area (Å²) >= 11 is 7.32. The first kappa shape index (κ1) is 15.1. The van der Waals surface area contributed by atoms with E-state index in [2.05, 4.69) is 10.0 Å². The molecule has 0 bridgehead atoms. The molecule has 1 aromatic heterocycles. The van der Waals surface area contributed by atoms with Crippen LogP contribution in [-0.2, 0) is 16.6 Å². The molecular formula is C12H12ClFN2O2S2. The lowest BCUT2D eigenvalue weighted by Gasteiger charge is -2.09. The number of rotatable bonds is 5. The van der Waals surface area contributed by atoms with Gasteiger partial charge in [-0.05, 0) is 24.3 Å². The fourth-order valence-corrected chi connectivity index (χ4v) is 3.12. The zero-order chi connectivity index (χ0) is 14.8. The Morgan fingerprint density at radius 2 is 2.10 bits per heavy atom. The Morgan fingerprint density at radius 3 is 2.70 bits per heavy atom. The van der Waals surface area contributed by atoms with Crippen LogP contribution in [0.25, 0.3) is 0 Å². The molecule has 1 aromatic carbocycles. The van der Waals surface area contributed by atoms with Crippen molar-refractivity contribution in [1.82, 2.24) is 0 Å².